The Balaban J connectivity index is 1.66. The van der Waals surface area contributed by atoms with Gasteiger partial charge in [-0.2, -0.15) is 0 Å². The number of ether oxygens (including phenoxy) is 2. The maximum absolute atomic E-state index is 5.42. The van der Waals surface area contributed by atoms with E-state index in [1.807, 2.05) is 24.5 Å². The number of nitrogens with zero attached hydrogens (tertiary/aromatic N) is 2. The van der Waals surface area contributed by atoms with Crippen molar-refractivity contribution in [1.29, 1.82) is 0 Å². The molecule has 3 rings (SSSR count). The van der Waals surface area contributed by atoms with E-state index in [-0.39, 0.29) is 6.04 Å². The summed E-state index contributed by atoms with van der Waals surface area (Å²) in [6.45, 7) is 7.51. The first-order valence-corrected chi connectivity index (χ1v) is 7.30. The second kappa shape index (κ2) is 5.77. The fraction of sp³-hybridized carbons (Fsp3) is 0.438. The van der Waals surface area contributed by atoms with Crippen LogP contribution in [0, 0.1) is 0 Å². The molecule has 0 fully saturated rings. The van der Waals surface area contributed by atoms with Gasteiger partial charge in [0, 0.05) is 24.5 Å². The van der Waals surface area contributed by atoms with Crippen molar-refractivity contribution < 1.29 is 9.47 Å². The number of aromatic nitrogens is 2. The van der Waals surface area contributed by atoms with Gasteiger partial charge in [0.2, 0.25) is 6.79 Å². The third-order valence-electron chi connectivity index (χ3n) is 3.77. The number of hydrogen-bond acceptors (Lipinski definition) is 4. The first-order valence-electron chi connectivity index (χ1n) is 7.30. The molecular formula is C16H21N3O2. The van der Waals surface area contributed by atoms with E-state index in [1.165, 1.54) is 5.56 Å². The lowest BCUT2D eigenvalue weighted by molar-refractivity contribution is 0.174. The van der Waals surface area contributed by atoms with Crippen LogP contribution in [0.25, 0.3) is 0 Å². The zero-order valence-electron chi connectivity index (χ0n) is 12.7. The second-order valence-corrected chi connectivity index (χ2v) is 5.56. The molecular weight excluding hydrogens is 266 g/mol. The highest BCUT2D eigenvalue weighted by molar-refractivity contribution is 5.45. The molecule has 2 heterocycles. The normalized spacial score (nSPS) is 14.7. The van der Waals surface area contributed by atoms with E-state index >= 15 is 0 Å². The van der Waals surface area contributed by atoms with Crippen LogP contribution in [0.5, 0.6) is 11.5 Å². The Kier molecular flexibility index (Phi) is 3.84. The predicted octanol–water partition coefficient (Wildman–Crippen LogP) is 3.04. The lowest BCUT2D eigenvalue weighted by Crippen LogP contribution is -2.21. The van der Waals surface area contributed by atoms with Gasteiger partial charge in [0.15, 0.2) is 11.5 Å². The fourth-order valence-corrected chi connectivity index (χ4v) is 2.50. The van der Waals surface area contributed by atoms with E-state index in [9.17, 15) is 0 Å². The number of benzene rings is 1. The molecule has 0 spiro atoms. The van der Waals surface area contributed by atoms with E-state index in [4.69, 9.17) is 9.47 Å². The molecule has 21 heavy (non-hydrogen) atoms. The maximum atomic E-state index is 5.42. The summed E-state index contributed by atoms with van der Waals surface area (Å²) in [5, 5.41) is 3.51. The van der Waals surface area contributed by atoms with Crippen molar-refractivity contribution in [3.63, 3.8) is 0 Å². The molecule has 1 aromatic heterocycles. The average molecular weight is 287 g/mol. The van der Waals surface area contributed by atoms with E-state index in [0.29, 0.717) is 12.8 Å². The molecule has 1 aromatic carbocycles. The van der Waals surface area contributed by atoms with Gasteiger partial charge in [-0.05, 0) is 38.5 Å². The zero-order chi connectivity index (χ0) is 14.8. The maximum Gasteiger partial charge on any atom is 0.231 e. The van der Waals surface area contributed by atoms with E-state index in [1.54, 1.807) is 0 Å². The molecule has 0 bridgehead atoms. The van der Waals surface area contributed by atoms with Crippen LogP contribution in [-0.4, -0.2) is 16.3 Å². The van der Waals surface area contributed by atoms with Crippen molar-refractivity contribution in [1.82, 2.24) is 14.9 Å². The molecule has 1 aliphatic heterocycles. The van der Waals surface area contributed by atoms with E-state index in [2.05, 4.69) is 41.7 Å². The first-order chi connectivity index (χ1) is 10.1. The highest BCUT2D eigenvalue weighted by Gasteiger charge is 2.16. The molecule has 0 radical (unpaired) electrons. The van der Waals surface area contributed by atoms with Gasteiger partial charge in [-0.3, -0.25) is 0 Å². The lowest BCUT2D eigenvalue weighted by atomic mass is 10.1. The average Bonchev–Trinajstić information content (AvgIpc) is 3.12. The Morgan fingerprint density at radius 1 is 1.24 bits per heavy atom. The lowest BCUT2D eigenvalue weighted by Gasteiger charge is -2.16. The fourth-order valence-electron chi connectivity index (χ4n) is 2.50. The van der Waals surface area contributed by atoms with Gasteiger partial charge in [0.05, 0.1) is 6.54 Å². The predicted molar refractivity (Wildman–Crippen MR) is 80.4 cm³/mol. The summed E-state index contributed by atoms with van der Waals surface area (Å²) in [5.74, 6) is 2.70. The quantitative estimate of drug-likeness (QED) is 0.918. The summed E-state index contributed by atoms with van der Waals surface area (Å²) < 4.78 is 12.9. The Hall–Kier alpha value is -2.01. The number of hydrogen-bond donors (Lipinski definition) is 1. The third-order valence-corrected chi connectivity index (χ3v) is 3.77. The summed E-state index contributed by atoms with van der Waals surface area (Å²) in [4.78, 5) is 4.42. The summed E-state index contributed by atoms with van der Waals surface area (Å²) >= 11 is 0. The molecule has 0 amide bonds. The van der Waals surface area contributed by atoms with Gasteiger partial charge in [-0.25, -0.2) is 4.98 Å². The second-order valence-electron chi connectivity index (χ2n) is 5.56. The van der Waals surface area contributed by atoms with Crippen molar-refractivity contribution in [2.75, 3.05) is 6.79 Å². The van der Waals surface area contributed by atoms with Crippen LogP contribution in [0.2, 0.25) is 0 Å². The number of nitrogens with one attached hydrogen (secondary N) is 1. The third kappa shape index (κ3) is 2.88. The molecule has 1 N–H and O–H groups in total. The molecule has 5 nitrogen and oxygen atoms in total. The van der Waals surface area contributed by atoms with Crippen LogP contribution in [0.3, 0.4) is 0 Å². The summed E-state index contributed by atoms with van der Waals surface area (Å²) in [5.41, 5.74) is 1.18. The first kappa shape index (κ1) is 13.9. The van der Waals surface area contributed by atoms with Crippen LogP contribution in [0.1, 0.15) is 44.2 Å². The summed E-state index contributed by atoms with van der Waals surface area (Å²) in [6, 6.07) is 6.71. The van der Waals surface area contributed by atoms with Crippen LogP contribution < -0.4 is 14.8 Å². The van der Waals surface area contributed by atoms with Crippen LogP contribution in [-0.2, 0) is 6.54 Å². The number of rotatable bonds is 5. The minimum Gasteiger partial charge on any atom is -0.454 e. The SMILES string of the molecule is CC(C)n1ccnc1CN[C@H](C)c1ccc2c(c1)OCO2. The van der Waals surface area contributed by atoms with Gasteiger partial charge in [-0.15, -0.1) is 0 Å². The molecule has 1 atom stereocenters. The van der Waals surface area contributed by atoms with Crippen LogP contribution in [0.4, 0.5) is 0 Å². The highest BCUT2D eigenvalue weighted by Crippen LogP contribution is 2.34. The molecule has 0 saturated heterocycles. The van der Waals surface area contributed by atoms with Crippen LogP contribution in [0.15, 0.2) is 30.6 Å². The van der Waals surface area contributed by atoms with E-state index in [0.717, 1.165) is 23.9 Å². The Morgan fingerprint density at radius 2 is 2.05 bits per heavy atom. The Bertz CT molecular complexity index is 622. The molecule has 0 unspecified atom stereocenters. The molecule has 0 aliphatic carbocycles. The van der Waals surface area contributed by atoms with Crippen molar-refractivity contribution in [3.05, 3.63) is 42.0 Å². The monoisotopic (exact) mass is 287 g/mol. The van der Waals surface area contributed by atoms with Gasteiger partial charge < -0.3 is 19.4 Å². The smallest absolute Gasteiger partial charge is 0.231 e. The molecule has 0 saturated carbocycles. The molecule has 112 valence electrons. The Labute approximate surface area is 124 Å². The minimum absolute atomic E-state index is 0.219. The zero-order valence-corrected chi connectivity index (χ0v) is 12.7. The largest absolute Gasteiger partial charge is 0.454 e. The topological polar surface area (TPSA) is 48.3 Å². The molecule has 5 heteroatoms. The van der Waals surface area contributed by atoms with Gasteiger partial charge in [-0.1, -0.05) is 6.07 Å². The van der Waals surface area contributed by atoms with Gasteiger partial charge in [0.1, 0.15) is 5.82 Å². The standard InChI is InChI=1S/C16H21N3O2/c1-11(2)19-7-6-17-16(19)9-18-12(3)13-4-5-14-15(8-13)21-10-20-14/h4-8,11-12,18H,9-10H2,1-3H3/t12-/m1/s1. The highest BCUT2D eigenvalue weighted by atomic mass is 16.7. The van der Waals surface area contributed by atoms with Gasteiger partial charge in [0.25, 0.3) is 0 Å². The summed E-state index contributed by atoms with van der Waals surface area (Å²) in [7, 11) is 0. The number of fused-ring (bicyclic) bond motifs is 1. The van der Waals surface area contributed by atoms with Crippen molar-refractivity contribution in [3.8, 4) is 11.5 Å². The van der Waals surface area contributed by atoms with E-state index < -0.39 is 0 Å². The molecule has 1 aliphatic rings. The minimum atomic E-state index is 0.219. The van der Waals surface area contributed by atoms with Crippen molar-refractivity contribution in [2.24, 2.45) is 0 Å². The van der Waals surface area contributed by atoms with Crippen molar-refractivity contribution >= 4 is 0 Å². The molecule has 2 aromatic rings. The Morgan fingerprint density at radius 3 is 2.86 bits per heavy atom. The van der Waals surface area contributed by atoms with Crippen LogP contribution >= 0.6 is 0 Å². The van der Waals surface area contributed by atoms with Gasteiger partial charge >= 0.3 is 0 Å². The number of imidazole rings is 1. The van der Waals surface area contributed by atoms with Crippen molar-refractivity contribution in [2.45, 2.75) is 39.4 Å². The summed E-state index contributed by atoms with van der Waals surface area (Å²) in [6.07, 6.45) is 3.87.